The Kier molecular flexibility index (Phi) is 5.19. The van der Waals surface area contributed by atoms with Gasteiger partial charge in [-0.15, -0.1) is 0 Å². The van der Waals surface area contributed by atoms with Crippen LogP contribution in [0.15, 0.2) is 22.7 Å². The molecule has 21 heavy (non-hydrogen) atoms. The third kappa shape index (κ3) is 4.44. The largest absolute Gasteiger partial charge is 0.478 e. The van der Waals surface area contributed by atoms with E-state index in [4.69, 9.17) is 5.11 Å². The molecule has 2 amide bonds. The number of rotatable bonds is 4. The van der Waals surface area contributed by atoms with Crippen LogP contribution in [0.3, 0.4) is 0 Å². The van der Waals surface area contributed by atoms with E-state index in [0.717, 1.165) is 19.5 Å². The molecule has 1 saturated heterocycles. The minimum absolute atomic E-state index is 0.168. The first-order chi connectivity index (χ1) is 9.95. The normalized spacial score (nSPS) is 18.5. The summed E-state index contributed by atoms with van der Waals surface area (Å²) in [6.07, 6.45) is 1.09. The Morgan fingerprint density at radius 2 is 2.24 bits per heavy atom. The molecule has 1 aromatic carbocycles. The Hall–Kier alpha value is -1.60. The monoisotopic (exact) mass is 355 g/mol. The minimum Gasteiger partial charge on any atom is -0.478 e. The van der Waals surface area contributed by atoms with Crippen molar-refractivity contribution < 1.29 is 14.7 Å². The molecule has 1 aliphatic heterocycles. The van der Waals surface area contributed by atoms with Gasteiger partial charge in [0.25, 0.3) is 0 Å². The summed E-state index contributed by atoms with van der Waals surface area (Å²) in [4.78, 5) is 24.9. The molecule has 0 bridgehead atoms. The second-order valence-electron chi connectivity index (χ2n) is 5.25. The zero-order valence-corrected chi connectivity index (χ0v) is 13.3. The summed E-state index contributed by atoms with van der Waals surface area (Å²) in [5.41, 5.74) is 0.711. The van der Waals surface area contributed by atoms with Crippen molar-refractivity contribution >= 4 is 33.6 Å². The number of carbonyl (C=O) groups is 2. The first kappa shape index (κ1) is 15.8. The molecule has 1 unspecified atom stereocenters. The van der Waals surface area contributed by atoms with Gasteiger partial charge in [0.05, 0.1) is 11.3 Å². The third-order valence-electron chi connectivity index (χ3n) is 3.50. The summed E-state index contributed by atoms with van der Waals surface area (Å²) in [7, 11) is 2.07. The molecule has 7 heteroatoms. The number of halogens is 1. The number of benzene rings is 1. The van der Waals surface area contributed by atoms with Gasteiger partial charge in [-0.05, 0) is 60.1 Å². The number of hydrogen-bond donors (Lipinski definition) is 3. The average molecular weight is 356 g/mol. The van der Waals surface area contributed by atoms with Crippen LogP contribution in [-0.2, 0) is 0 Å². The first-order valence-corrected chi connectivity index (χ1v) is 7.51. The van der Waals surface area contributed by atoms with Crippen LogP contribution >= 0.6 is 15.9 Å². The highest BCUT2D eigenvalue weighted by Gasteiger charge is 2.19. The van der Waals surface area contributed by atoms with Crippen molar-refractivity contribution in [2.45, 2.75) is 6.42 Å². The smallest absolute Gasteiger partial charge is 0.335 e. The third-order valence-corrected chi connectivity index (χ3v) is 4.16. The van der Waals surface area contributed by atoms with Gasteiger partial charge >= 0.3 is 12.0 Å². The van der Waals surface area contributed by atoms with Gasteiger partial charge < -0.3 is 20.6 Å². The SMILES string of the molecule is CN1CCC(CNC(=O)Nc2ccc(C(=O)O)cc2Br)C1. The molecule has 6 nitrogen and oxygen atoms in total. The van der Waals surface area contributed by atoms with Crippen LogP contribution in [0.4, 0.5) is 10.5 Å². The average Bonchev–Trinajstić information content (AvgIpc) is 2.84. The number of anilines is 1. The van der Waals surface area contributed by atoms with E-state index in [9.17, 15) is 9.59 Å². The highest BCUT2D eigenvalue weighted by atomic mass is 79.9. The number of carboxylic acids is 1. The van der Waals surface area contributed by atoms with Gasteiger partial charge in [0.2, 0.25) is 0 Å². The second-order valence-corrected chi connectivity index (χ2v) is 6.11. The molecule has 1 fully saturated rings. The molecular formula is C14H18BrN3O3. The lowest BCUT2D eigenvalue weighted by molar-refractivity contribution is 0.0697. The van der Waals surface area contributed by atoms with Gasteiger partial charge in [-0.2, -0.15) is 0 Å². The van der Waals surface area contributed by atoms with Crippen LogP contribution in [0.1, 0.15) is 16.8 Å². The van der Waals surface area contributed by atoms with Crippen molar-refractivity contribution in [1.82, 2.24) is 10.2 Å². The number of amides is 2. The molecule has 0 aliphatic carbocycles. The minimum atomic E-state index is -1.00. The fourth-order valence-corrected chi connectivity index (χ4v) is 2.82. The first-order valence-electron chi connectivity index (χ1n) is 6.72. The molecule has 3 N–H and O–H groups in total. The van der Waals surface area contributed by atoms with Crippen LogP contribution in [-0.4, -0.2) is 48.7 Å². The van der Waals surface area contributed by atoms with Crippen molar-refractivity contribution in [2.24, 2.45) is 5.92 Å². The Labute approximate surface area is 131 Å². The van der Waals surface area contributed by atoms with E-state index < -0.39 is 5.97 Å². The van der Waals surface area contributed by atoms with Gasteiger partial charge in [-0.25, -0.2) is 9.59 Å². The maximum Gasteiger partial charge on any atom is 0.335 e. The molecular weight excluding hydrogens is 338 g/mol. The topological polar surface area (TPSA) is 81.7 Å². The molecule has 1 aliphatic rings. The van der Waals surface area contributed by atoms with Crippen LogP contribution < -0.4 is 10.6 Å². The Bertz CT molecular complexity index is 550. The molecule has 0 saturated carbocycles. The summed E-state index contributed by atoms with van der Waals surface area (Å²) in [6.45, 7) is 2.70. The lowest BCUT2D eigenvalue weighted by Crippen LogP contribution is -2.34. The lowest BCUT2D eigenvalue weighted by atomic mass is 10.1. The van der Waals surface area contributed by atoms with E-state index in [1.54, 1.807) is 6.07 Å². The standard InChI is InChI=1S/C14H18BrN3O3/c1-18-5-4-9(8-18)7-16-14(21)17-12-3-2-10(13(19)20)6-11(12)15/h2-3,6,9H,4-5,7-8H2,1H3,(H,19,20)(H2,16,17,21). The summed E-state index contributed by atoms with van der Waals surface area (Å²) in [5.74, 6) is -0.518. The van der Waals surface area contributed by atoms with E-state index in [2.05, 4.69) is 38.5 Å². The van der Waals surface area contributed by atoms with Gasteiger partial charge in [0.15, 0.2) is 0 Å². The predicted molar refractivity (Wildman–Crippen MR) is 83.7 cm³/mol. The van der Waals surface area contributed by atoms with E-state index in [1.165, 1.54) is 12.1 Å². The molecule has 114 valence electrons. The van der Waals surface area contributed by atoms with E-state index in [1.807, 2.05) is 0 Å². The number of likely N-dealkylation sites (tertiary alicyclic amines) is 1. The number of hydrogen-bond acceptors (Lipinski definition) is 3. The maximum absolute atomic E-state index is 11.8. The predicted octanol–water partition coefficient (Wildman–Crippen LogP) is 2.22. The number of nitrogens with zero attached hydrogens (tertiary/aromatic N) is 1. The highest BCUT2D eigenvalue weighted by Crippen LogP contribution is 2.23. The maximum atomic E-state index is 11.8. The quantitative estimate of drug-likeness (QED) is 0.773. The van der Waals surface area contributed by atoms with Crippen LogP contribution in [0.5, 0.6) is 0 Å². The Morgan fingerprint density at radius 3 is 2.81 bits per heavy atom. The number of urea groups is 1. The van der Waals surface area contributed by atoms with Gasteiger partial charge in [-0.3, -0.25) is 0 Å². The number of aromatic carboxylic acids is 1. The van der Waals surface area contributed by atoms with Crippen LogP contribution in [0.2, 0.25) is 0 Å². The second kappa shape index (κ2) is 6.91. The zero-order valence-electron chi connectivity index (χ0n) is 11.7. The van der Waals surface area contributed by atoms with Crippen LogP contribution in [0, 0.1) is 5.92 Å². The van der Waals surface area contributed by atoms with Crippen molar-refractivity contribution in [2.75, 3.05) is 32.0 Å². The highest BCUT2D eigenvalue weighted by molar-refractivity contribution is 9.10. The van der Waals surface area contributed by atoms with Crippen molar-refractivity contribution in [1.29, 1.82) is 0 Å². The van der Waals surface area contributed by atoms with Crippen LogP contribution in [0.25, 0.3) is 0 Å². The molecule has 0 radical (unpaired) electrons. The summed E-state index contributed by atoms with van der Waals surface area (Å²) in [5, 5.41) is 14.4. The fourth-order valence-electron chi connectivity index (χ4n) is 2.35. The van der Waals surface area contributed by atoms with Crippen molar-refractivity contribution in [3.63, 3.8) is 0 Å². The van der Waals surface area contributed by atoms with Crippen molar-refractivity contribution in [3.8, 4) is 0 Å². The van der Waals surface area contributed by atoms with E-state index >= 15 is 0 Å². The molecule has 0 aromatic heterocycles. The summed E-state index contributed by atoms with van der Waals surface area (Å²) < 4.78 is 0.540. The van der Waals surface area contributed by atoms with E-state index in [0.29, 0.717) is 22.6 Å². The zero-order chi connectivity index (χ0) is 15.4. The Balaban J connectivity index is 1.86. The Morgan fingerprint density at radius 1 is 1.48 bits per heavy atom. The molecule has 2 rings (SSSR count). The van der Waals surface area contributed by atoms with Gasteiger partial charge in [-0.1, -0.05) is 0 Å². The fraction of sp³-hybridized carbons (Fsp3) is 0.429. The van der Waals surface area contributed by atoms with Gasteiger partial charge in [0, 0.05) is 17.6 Å². The summed E-state index contributed by atoms with van der Waals surface area (Å²) in [6, 6.07) is 4.20. The molecule has 0 spiro atoms. The van der Waals surface area contributed by atoms with Gasteiger partial charge in [0.1, 0.15) is 0 Å². The lowest BCUT2D eigenvalue weighted by Gasteiger charge is -2.13. The number of carbonyl (C=O) groups excluding carboxylic acids is 1. The molecule has 1 atom stereocenters. The van der Waals surface area contributed by atoms with Crippen molar-refractivity contribution in [3.05, 3.63) is 28.2 Å². The summed E-state index contributed by atoms with van der Waals surface area (Å²) >= 11 is 3.26. The van der Waals surface area contributed by atoms with E-state index in [-0.39, 0.29) is 11.6 Å². The number of nitrogens with one attached hydrogen (secondary N) is 2. The number of carboxylic acid groups (broad SMARTS) is 1. The molecule has 1 aromatic rings. The molecule has 1 heterocycles.